The molecule has 0 amide bonds. The molecule has 2 fully saturated rings. The van der Waals surface area contributed by atoms with Crippen molar-refractivity contribution in [3.05, 3.63) is 53.9 Å². The number of rotatable bonds is 8. The second-order valence-corrected chi connectivity index (χ2v) is 9.18. The van der Waals surface area contributed by atoms with Gasteiger partial charge in [0.15, 0.2) is 5.60 Å². The van der Waals surface area contributed by atoms with E-state index in [2.05, 4.69) is 12.2 Å². The third-order valence-electron chi connectivity index (χ3n) is 7.34. The summed E-state index contributed by atoms with van der Waals surface area (Å²) in [6.07, 6.45) is 8.39. The minimum Gasteiger partial charge on any atom is -0.457 e. The summed E-state index contributed by atoms with van der Waals surface area (Å²) in [6, 6.07) is 11.5. The largest absolute Gasteiger partial charge is 0.457 e. The second-order valence-electron chi connectivity index (χ2n) is 9.18. The van der Waals surface area contributed by atoms with Gasteiger partial charge in [0.25, 0.3) is 0 Å². The van der Waals surface area contributed by atoms with E-state index in [1.54, 1.807) is 6.26 Å². The first-order chi connectivity index (χ1) is 14.5. The number of quaternary nitrogens is 1. The molecule has 1 aliphatic heterocycles. The standard InChI is InChI=1S/C24H33N2O4/c1-26(16-13-21-14-17-30-25-21)15-7-12-22(26)18-29-23(27)24(28,20-10-5-6-11-20)19-8-3-2-4-9-19/h2-4,8-9,14,17,20,22,28H,5-7,10-13,15-16,18H2,1H3/q+1/t22?,24-,26?/m0/s1. The fraction of sp³-hybridized carbons (Fsp3) is 0.583. The van der Waals surface area contributed by atoms with Crippen LogP contribution < -0.4 is 0 Å². The molecule has 2 aromatic rings. The van der Waals surface area contributed by atoms with Gasteiger partial charge in [-0.1, -0.05) is 48.3 Å². The minimum atomic E-state index is -1.56. The van der Waals surface area contributed by atoms with Crippen molar-refractivity contribution in [3.8, 4) is 0 Å². The lowest BCUT2D eigenvalue weighted by molar-refractivity contribution is -0.921. The van der Waals surface area contributed by atoms with E-state index in [-0.39, 0.29) is 12.0 Å². The summed E-state index contributed by atoms with van der Waals surface area (Å²) in [4.78, 5) is 13.3. The van der Waals surface area contributed by atoms with Crippen LogP contribution in [0.25, 0.3) is 0 Å². The number of aromatic nitrogens is 1. The number of carbonyl (C=O) groups is 1. The second kappa shape index (κ2) is 8.90. The molecule has 1 saturated carbocycles. The Bertz CT molecular complexity index is 819. The van der Waals surface area contributed by atoms with Crippen molar-refractivity contribution in [1.29, 1.82) is 0 Å². The number of ether oxygens (including phenoxy) is 1. The summed E-state index contributed by atoms with van der Waals surface area (Å²) in [5, 5.41) is 15.6. The molecule has 1 aliphatic carbocycles. The summed E-state index contributed by atoms with van der Waals surface area (Å²) >= 11 is 0. The van der Waals surface area contributed by atoms with E-state index in [9.17, 15) is 9.90 Å². The first-order valence-corrected chi connectivity index (χ1v) is 11.2. The lowest BCUT2D eigenvalue weighted by Crippen LogP contribution is -2.52. The van der Waals surface area contributed by atoms with Crippen molar-refractivity contribution in [2.24, 2.45) is 5.92 Å². The molecule has 1 N–H and O–H groups in total. The van der Waals surface area contributed by atoms with Gasteiger partial charge in [-0.25, -0.2) is 4.79 Å². The van der Waals surface area contributed by atoms with Gasteiger partial charge in [-0.05, 0) is 18.4 Å². The first kappa shape index (κ1) is 21.1. The van der Waals surface area contributed by atoms with Crippen LogP contribution in [0, 0.1) is 5.92 Å². The van der Waals surface area contributed by atoms with E-state index < -0.39 is 11.6 Å². The van der Waals surface area contributed by atoms with Crippen LogP contribution >= 0.6 is 0 Å². The molecular formula is C24H33N2O4+. The summed E-state index contributed by atoms with van der Waals surface area (Å²) in [5.74, 6) is -0.570. The van der Waals surface area contributed by atoms with Crippen LogP contribution in [-0.2, 0) is 21.6 Å². The minimum absolute atomic E-state index is 0.0796. The van der Waals surface area contributed by atoms with Crippen LogP contribution in [0.5, 0.6) is 0 Å². The van der Waals surface area contributed by atoms with Crippen molar-refractivity contribution < 1.29 is 23.6 Å². The molecule has 6 nitrogen and oxygen atoms in total. The molecule has 162 valence electrons. The topological polar surface area (TPSA) is 72.6 Å². The van der Waals surface area contributed by atoms with E-state index in [0.29, 0.717) is 12.2 Å². The maximum atomic E-state index is 13.3. The van der Waals surface area contributed by atoms with E-state index in [1.165, 1.54) is 0 Å². The highest BCUT2D eigenvalue weighted by Crippen LogP contribution is 2.41. The Labute approximate surface area is 178 Å². The number of esters is 1. The first-order valence-electron chi connectivity index (χ1n) is 11.2. The number of carbonyl (C=O) groups excluding carboxylic acids is 1. The number of nitrogens with zero attached hydrogens (tertiary/aromatic N) is 2. The molecule has 2 unspecified atom stereocenters. The number of aliphatic hydroxyl groups is 1. The molecule has 1 aromatic heterocycles. The average molecular weight is 414 g/mol. The van der Waals surface area contributed by atoms with Gasteiger partial charge in [0, 0.05) is 31.2 Å². The highest BCUT2D eigenvalue weighted by molar-refractivity contribution is 5.81. The molecule has 3 atom stereocenters. The molecule has 1 aromatic carbocycles. The quantitative estimate of drug-likeness (QED) is 0.530. The van der Waals surface area contributed by atoms with Crippen molar-refractivity contribution in [3.63, 3.8) is 0 Å². The predicted molar refractivity (Wildman–Crippen MR) is 112 cm³/mol. The monoisotopic (exact) mass is 413 g/mol. The van der Waals surface area contributed by atoms with Crippen molar-refractivity contribution in [2.75, 3.05) is 26.7 Å². The molecular weight excluding hydrogens is 380 g/mol. The summed E-state index contributed by atoms with van der Waals surface area (Å²) in [5.41, 5.74) is 0.0498. The molecule has 6 heteroatoms. The zero-order valence-corrected chi connectivity index (χ0v) is 17.8. The van der Waals surface area contributed by atoms with E-state index in [4.69, 9.17) is 9.26 Å². The van der Waals surface area contributed by atoms with E-state index in [0.717, 1.165) is 68.2 Å². The Morgan fingerprint density at radius 2 is 1.97 bits per heavy atom. The number of likely N-dealkylation sites (tertiary alicyclic amines) is 1. The molecule has 2 heterocycles. The lowest BCUT2D eigenvalue weighted by Gasteiger charge is -2.37. The van der Waals surface area contributed by atoms with Gasteiger partial charge >= 0.3 is 5.97 Å². The molecule has 1 saturated heterocycles. The van der Waals surface area contributed by atoms with Crippen molar-refractivity contribution in [1.82, 2.24) is 5.16 Å². The molecule has 2 aliphatic rings. The Balaban J connectivity index is 1.43. The Hall–Kier alpha value is -2.18. The highest BCUT2D eigenvalue weighted by Gasteiger charge is 2.48. The van der Waals surface area contributed by atoms with Crippen molar-refractivity contribution in [2.45, 2.75) is 56.6 Å². The SMILES string of the molecule is C[N+]1(CCc2ccon2)CCCC1COC(=O)[C@](O)(c1ccccc1)C1CCCC1. The third-order valence-corrected chi connectivity index (χ3v) is 7.34. The predicted octanol–water partition coefficient (Wildman–Crippen LogP) is 3.45. The molecule has 30 heavy (non-hydrogen) atoms. The zero-order chi connectivity index (χ0) is 21.0. The Kier molecular flexibility index (Phi) is 6.25. The maximum absolute atomic E-state index is 13.3. The average Bonchev–Trinajstić information content (AvgIpc) is 3.53. The van der Waals surface area contributed by atoms with Gasteiger partial charge in [-0.3, -0.25) is 0 Å². The van der Waals surface area contributed by atoms with Gasteiger partial charge in [-0.15, -0.1) is 0 Å². The fourth-order valence-electron chi connectivity index (χ4n) is 5.31. The molecule has 0 spiro atoms. The van der Waals surface area contributed by atoms with Crippen LogP contribution in [0.3, 0.4) is 0 Å². The van der Waals surface area contributed by atoms with E-state index >= 15 is 0 Å². The molecule has 0 bridgehead atoms. The van der Waals surface area contributed by atoms with Gasteiger partial charge in [-0.2, -0.15) is 0 Å². The smallest absolute Gasteiger partial charge is 0.343 e. The van der Waals surface area contributed by atoms with Gasteiger partial charge in [0.05, 0.1) is 25.8 Å². The third kappa shape index (κ3) is 4.16. The lowest BCUT2D eigenvalue weighted by atomic mass is 9.80. The van der Waals surface area contributed by atoms with Gasteiger partial charge in [0.2, 0.25) is 0 Å². The Morgan fingerprint density at radius 3 is 2.67 bits per heavy atom. The number of hydrogen-bond donors (Lipinski definition) is 1. The van der Waals surface area contributed by atoms with Crippen LogP contribution in [0.1, 0.15) is 49.8 Å². The Morgan fingerprint density at radius 1 is 1.20 bits per heavy atom. The van der Waals surface area contributed by atoms with Crippen LogP contribution in [0.4, 0.5) is 0 Å². The zero-order valence-electron chi connectivity index (χ0n) is 17.8. The van der Waals surface area contributed by atoms with Gasteiger partial charge < -0.3 is 18.8 Å². The normalized spacial score (nSPS) is 26.5. The summed E-state index contributed by atoms with van der Waals surface area (Å²) in [6.45, 7) is 2.34. The molecule has 4 rings (SSSR count). The molecule has 0 radical (unpaired) electrons. The van der Waals surface area contributed by atoms with Crippen molar-refractivity contribution >= 4 is 5.97 Å². The fourth-order valence-corrected chi connectivity index (χ4v) is 5.31. The highest BCUT2D eigenvalue weighted by atomic mass is 16.6. The summed E-state index contributed by atoms with van der Waals surface area (Å²) < 4.78 is 11.6. The van der Waals surface area contributed by atoms with Crippen LogP contribution in [0.2, 0.25) is 0 Å². The van der Waals surface area contributed by atoms with Gasteiger partial charge in [0.1, 0.15) is 18.9 Å². The number of benzene rings is 1. The van der Waals surface area contributed by atoms with E-state index in [1.807, 2.05) is 36.4 Å². The maximum Gasteiger partial charge on any atom is 0.343 e. The number of hydrogen-bond acceptors (Lipinski definition) is 5. The van der Waals surface area contributed by atoms with Crippen LogP contribution in [-0.4, -0.2) is 53.5 Å². The van der Waals surface area contributed by atoms with Crippen LogP contribution in [0.15, 0.2) is 47.2 Å². The summed E-state index contributed by atoms with van der Waals surface area (Å²) in [7, 11) is 2.23. The number of likely N-dealkylation sites (N-methyl/N-ethyl adjacent to an activating group) is 1.